The first-order chi connectivity index (χ1) is 12.3. The standard InChI is InChI=1S/C24H19N/c25-20-12-8-11-19(17-20)22-14-5-7-16-24(22)23-15-6-4-13-21(23)18-9-2-1-3-10-18/h1-17H,25H2. The third-order valence-corrected chi connectivity index (χ3v) is 4.43. The molecule has 1 nitrogen and oxygen atoms in total. The number of nitrogen functional groups attached to an aromatic ring is 1. The van der Waals surface area contributed by atoms with Crippen molar-refractivity contribution in [2.75, 3.05) is 5.73 Å². The molecule has 0 amide bonds. The lowest BCUT2D eigenvalue weighted by Gasteiger charge is -2.15. The summed E-state index contributed by atoms with van der Waals surface area (Å²) < 4.78 is 0. The molecular formula is C24H19N. The predicted octanol–water partition coefficient (Wildman–Crippen LogP) is 6.27. The van der Waals surface area contributed by atoms with Crippen molar-refractivity contribution < 1.29 is 0 Å². The Kier molecular flexibility index (Phi) is 4.05. The Morgan fingerprint density at radius 1 is 0.400 bits per heavy atom. The van der Waals surface area contributed by atoms with Crippen molar-refractivity contribution in [1.82, 2.24) is 0 Å². The minimum Gasteiger partial charge on any atom is -0.399 e. The number of anilines is 1. The number of rotatable bonds is 3. The van der Waals surface area contributed by atoms with Crippen LogP contribution in [0, 0.1) is 0 Å². The van der Waals surface area contributed by atoms with Gasteiger partial charge in [0.2, 0.25) is 0 Å². The summed E-state index contributed by atoms with van der Waals surface area (Å²) in [5.74, 6) is 0. The Labute approximate surface area is 148 Å². The van der Waals surface area contributed by atoms with Crippen LogP contribution < -0.4 is 5.73 Å². The fourth-order valence-corrected chi connectivity index (χ4v) is 3.26. The highest BCUT2D eigenvalue weighted by Gasteiger charge is 2.11. The van der Waals surface area contributed by atoms with Crippen molar-refractivity contribution in [2.45, 2.75) is 0 Å². The molecule has 4 aromatic rings. The molecule has 0 aliphatic rings. The van der Waals surface area contributed by atoms with Crippen molar-refractivity contribution in [3.05, 3.63) is 103 Å². The summed E-state index contributed by atoms with van der Waals surface area (Å²) >= 11 is 0. The maximum absolute atomic E-state index is 6.01. The highest BCUT2D eigenvalue weighted by molar-refractivity contribution is 5.91. The van der Waals surface area contributed by atoms with Crippen LogP contribution in [-0.2, 0) is 0 Å². The van der Waals surface area contributed by atoms with E-state index in [1.807, 2.05) is 24.3 Å². The summed E-state index contributed by atoms with van der Waals surface area (Å²) in [4.78, 5) is 0. The zero-order valence-electron chi connectivity index (χ0n) is 13.9. The molecule has 0 saturated carbocycles. The average Bonchev–Trinajstić information content (AvgIpc) is 2.69. The van der Waals surface area contributed by atoms with Gasteiger partial charge in [-0.3, -0.25) is 0 Å². The maximum Gasteiger partial charge on any atom is 0.0320 e. The molecule has 0 unspecified atom stereocenters. The van der Waals surface area contributed by atoms with E-state index < -0.39 is 0 Å². The second-order valence-electron chi connectivity index (χ2n) is 6.08. The molecule has 0 saturated heterocycles. The van der Waals surface area contributed by atoms with E-state index in [1.165, 1.54) is 27.8 Å². The van der Waals surface area contributed by atoms with Gasteiger partial charge < -0.3 is 5.73 Å². The maximum atomic E-state index is 6.01. The van der Waals surface area contributed by atoms with Crippen LogP contribution in [0.2, 0.25) is 0 Å². The molecule has 4 rings (SSSR count). The van der Waals surface area contributed by atoms with Gasteiger partial charge >= 0.3 is 0 Å². The first-order valence-electron chi connectivity index (χ1n) is 8.43. The van der Waals surface area contributed by atoms with Crippen molar-refractivity contribution in [3.63, 3.8) is 0 Å². The molecule has 0 heterocycles. The summed E-state index contributed by atoms with van der Waals surface area (Å²) in [6.07, 6.45) is 0. The van der Waals surface area contributed by atoms with Crippen LogP contribution in [0.4, 0.5) is 5.69 Å². The zero-order valence-corrected chi connectivity index (χ0v) is 13.9. The highest BCUT2D eigenvalue weighted by Crippen LogP contribution is 2.38. The smallest absolute Gasteiger partial charge is 0.0320 e. The van der Waals surface area contributed by atoms with E-state index in [4.69, 9.17) is 5.73 Å². The van der Waals surface area contributed by atoms with Gasteiger partial charge in [-0.25, -0.2) is 0 Å². The third kappa shape index (κ3) is 3.05. The lowest BCUT2D eigenvalue weighted by atomic mass is 9.89. The van der Waals surface area contributed by atoms with Crippen LogP contribution >= 0.6 is 0 Å². The van der Waals surface area contributed by atoms with Gasteiger partial charge in [-0.15, -0.1) is 0 Å². The van der Waals surface area contributed by atoms with E-state index in [2.05, 4.69) is 78.9 Å². The van der Waals surface area contributed by atoms with Gasteiger partial charge in [0.15, 0.2) is 0 Å². The zero-order chi connectivity index (χ0) is 17.1. The van der Waals surface area contributed by atoms with Gasteiger partial charge in [-0.2, -0.15) is 0 Å². The minimum absolute atomic E-state index is 0.781. The molecule has 0 aliphatic carbocycles. The van der Waals surface area contributed by atoms with Crippen molar-refractivity contribution >= 4 is 5.69 Å². The van der Waals surface area contributed by atoms with Gasteiger partial charge in [0.05, 0.1) is 0 Å². The van der Waals surface area contributed by atoms with E-state index >= 15 is 0 Å². The number of hydrogen-bond acceptors (Lipinski definition) is 1. The molecule has 0 aromatic heterocycles. The molecule has 0 radical (unpaired) electrons. The van der Waals surface area contributed by atoms with Crippen LogP contribution in [0.3, 0.4) is 0 Å². The van der Waals surface area contributed by atoms with E-state index in [0.29, 0.717) is 0 Å². The Morgan fingerprint density at radius 2 is 0.880 bits per heavy atom. The number of benzene rings is 4. The Balaban J connectivity index is 1.93. The summed E-state index contributed by atoms with van der Waals surface area (Å²) in [5.41, 5.74) is 14.0. The lowest BCUT2D eigenvalue weighted by Crippen LogP contribution is -1.90. The number of hydrogen-bond donors (Lipinski definition) is 1. The van der Waals surface area contributed by atoms with E-state index in [1.54, 1.807) is 0 Å². The van der Waals surface area contributed by atoms with Crippen molar-refractivity contribution in [1.29, 1.82) is 0 Å². The molecule has 0 spiro atoms. The molecule has 0 atom stereocenters. The molecule has 0 fully saturated rings. The van der Waals surface area contributed by atoms with E-state index in [-0.39, 0.29) is 0 Å². The first kappa shape index (κ1) is 15.2. The summed E-state index contributed by atoms with van der Waals surface area (Å²) in [6.45, 7) is 0. The van der Waals surface area contributed by atoms with E-state index in [0.717, 1.165) is 11.3 Å². The second kappa shape index (κ2) is 6.66. The van der Waals surface area contributed by atoms with Crippen molar-refractivity contribution in [3.8, 4) is 33.4 Å². The Morgan fingerprint density at radius 3 is 1.48 bits per heavy atom. The molecular weight excluding hydrogens is 302 g/mol. The average molecular weight is 321 g/mol. The Hall–Kier alpha value is -3.32. The topological polar surface area (TPSA) is 26.0 Å². The van der Waals surface area contributed by atoms with E-state index in [9.17, 15) is 0 Å². The van der Waals surface area contributed by atoms with Crippen LogP contribution in [0.25, 0.3) is 33.4 Å². The SMILES string of the molecule is Nc1cccc(-c2ccccc2-c2ccccc2-c2ccccc2)c1. The second-order valence-corrected chi connectivity index (χ2v) is 6.08. The summed E-state index contributed by atoms with van der Waals surface area (Å²) in [7, 11) is 0. The molecule has 0 aliphatic heterocycles. The molecule has 1 heteroatoms. The van der Waals surface area contributed by atoms with Crippen LogP contribution in [0.15, 0.2) is 103 Å². The Bertz CT molecular complexity index is 1000. The van der Waals surface area contributed by atoms with Crippen LogP contribution in [0.1, 0.15) is 0 Å². The molecule has 25 heavy (non-hydrogen) atoms. The fraction of sp³-hybridized carbons (Fsp3) is 0. The minimum atomic E-state index is 0.781. The summed E-state index contributed by atoms with van der Waals surface area (Å²) in [6, 6.07) is 35.6. The summed E-state index contributed by atoms with van der Waals surface area (Å²) in [5, 5.41) is 0. The molecule has 4 aromatic carbocycles. The largest absolute Gasteiger partial charge is 0.399 e. The van der Waals surface area contributed by atoms with Gasteiger partial charge in [0, 0.05) is 5.69 Å². The number of nitrogens with two attached hydrogens (primary N) is 1. The highest BCUT2D eigenvalue weighted by atomic mass is 14.5. The quantitative estimate of drug-likeness (QED) is 0.442. The van der Waals surface area contributed by atoms with Gasteiger partial charge in [0.1, 0.15) is 0 Å². The van der Waals surface area contributed by atoms with Crippen LogP contribution in [-0.4, -0.2) is 0 Å². The predicted molar refractivity (Wildman–Crippen MR) is 107 cm³/mol. The monoisotopic (exact) mass is 321 g/mol. The molecule has 2 N–H and O–H groups in total. The third-order valence-electron chi connectivity index (χ3n) is 4.43. The van der Waals surface area contributed by atoms with Gasteiger partial charge in [0.25, 0.3) is 0 Å². The van der Waals surface area contributed by atoms with Gasteiger partial charge in [-0.1, -0.05) is 91.0 Å². The lowest BCUT2D eigenvalue weighted by molar-refractivity contribution is 1.56. The van der Waals surface area contributed by atoms with Crippen molar-refractivity contribution in [2.24, 2.45) is 0 Å². The normalized spacial score (nSPS) is 10.6. The van der Waals surface area contributed by atoms with Gasteiger partial charge in [-0.05, 0) is 45.5 Å². The fourth-order valence-electron chi connectivity index (χ4n) is 3.26. The first-order valence-corrected chi connectivity index (χ1v) is 8.43. The van der Waals surface area contributed by atoms with Crippen LogP contribution in [0.5, 0.6) is 0 Å². The molecule has 0 bridgehead atoms. The molecule has 120 valence electrons.